The second-order valence-electron chi connectivity index (χ2n) is 6.88. The van der Waals surface area contributed by atoms with Crippen LogP contribution in [0.2, 0.25) is 0 Å². The third-order valence-electron chi connectivity index (χ3n) is 5.03. The number of rotatable bonds is 6. The molecular formula is C22H28FN3O3. The summed E-state index contributed by atoms with van der Waals surface area (Å²) in [7, 11) is 3.26. The van der Waals surface area contributed by atoms with E-state index < -0.39 is 11.9 Å². The van der Waals surface area contributed by atoms with Gasteiger partial charge in [0.15, 0.2) is 17.5 Å². The molecule has 2 aromatic carbocycles. The lowest BCUT2D eigenvalue weighted by molar-refractivity contribution is 0.181. The second-order valence-corrected chi connectivity index (χ2v) is 6.88. The highest BCUT2D eigenvalue weighted by atomic mass is 19.1. The van der Waals surface area contributed by atoms with E-state index in [9.17, 15) is 9.50 Å². The van der Waals surface area contributed by atoms with Gasteiger partial charge in [-0.1, -0.05) is 18.2 Å². The van der Waals surface area contributed by atoms with Gasteiger partial charge in [-0.15, -0.1) is 0 Å². The number of aliphatic hydroxyl groups excluding tert-OH is 1. The molecule has 0 amide bonds. The minimum absolute atomic E-state index is 0.0819. The highest BCUT2D eigenvalue weighted by Crippen LogP contribution is 2.33. The predicted octanol–water partition coefficient (Wildman–Crippen LogP) is 2.90. The van der Waals surface area contributed by atoms with Gasteiger partial charge in [-0.2, -0.15) is 0 Å². The molecule has 0 spiro atoms. The first-order valence-electron chi connectivity index (χ1n) is 9.76. The van der Waals surface area contributed by atoms with Gasteiger partial charge in [-0.25, -0.2) is 4.39 Å². The second kappa shape index (κ2) is 9.60. The maximum Gasteiger partial charge on any atom is 0.194 e. The topological polar surface area (TPSA) is 66.3 Å². The van der Waals surface area contributed by atoms with Crippen molar-refractivity contribution in [2.24, 2.45) is 4.99 Å². The number of halogens is 1. The first-order valence-corrected chi connectivity index (χ1v) is 9.76. The number of aliphatic hydroxyl groups is 1. The van der Waals surface area contributed by atoms with Gasteiger partial charge in [0.2, 0.25) is 0 Å². The highest BCUT2D eigenvalue weighted by molar-refractivity contribution is 5.80. The van der Waals surface area contributed by atoms with Gasteiger partial charge in [0.1, 0.15) is 11.9 Å². The first-order chi connectivity index (χ1) is 14.1. The molecule has 0 radical (unpaired) electrons. The summed E-state index contributed by atoms with van der Waals surface area (Å²) in [5, 5.41) is 13.6. The van der Waals surface area contributed by atoms with Gasteiger partial charge >= 0.3 is 0 Å². The minimum atomic E-state index is -0.994. The van der Waals surface area contributed by atoms with Crippen molar-refractivity contribution in [3.8, 4) is 11.5 Å². The standard InChI is InChI=1S/C22H28FN3O3/c1-4-24-22(25-13-19(27)17-7-5-6-8-18(17)23)26-10-9-15-11-20(28-2)21(29-3)12-16(15)14-26/h5-8,11-12,19,27H,4,9-10,13-14H2,1-3H3,(H,24,25). The van der Waals surface area contributed by atoms with Crippen molar-refractivity contribution in [2.75, 3.05) is 33.9 Å². The molecule has 0 aliphatic carbocycles. The highest BCUT2D eigenvalue weighted by Gasteiger charge is 2.22. The van der Waals surface area contributed by atoms with Crippen LogP contribution in [0, 0.1) is 5.82 Å². The van der Waals surface area contributed by atoms with Gasteiger partial charge in [0.25, 0.3) is 0 Å². The maximum atomic E-state index is 13.9. The van der Waals surface area contributed by atoms with Crippen LogP contribution in [-0.2, 0) is 13.0 Å². The maximum absolute atomic E-state index is 13.9. The summed E-state index contributed by atoms with van der Waals surface area (Å²) in [6.45, 7) is 4.22. The fourth-order valence-electron chi connectivity index (χ4n) is 3.51. The lowest BCUT2D eigenvalue weighted by atomic mass is 9.99. The molecule has 6 nitrogen and oxygen atoms in total. The lowest BCUT2D eigenvalue weighted by Crippen LogP contribution is -2.44. The third-order valence-corrected chi connectivity index (χ3v) is 5.03. The molecule has 0 bridgehead atoms. The number of aliphatic imine (C=N–C) groups is 1. The summed E-state index contributed by atoms with van der Waals surface area (Å²) in [5.41, 5.74) is 2.63. The van der Waals surface area contributed by atoms with E-state index >= 15 is 0 Å². The zero-order valence-corrected chi connectivity index (χ0v) is 17.1. The SMILES string of the molecule is CCNC(=NCC(O)c1ccccc1F)N1CCc2cc(OC)c(OC)cc2C1. The molecule has 0 fully saturated rings. The average Bonchev–Trinajstić information content (AvgIpc) is 2.75. The molecule has 1 heterocycles. The van der Waals surface area contributed by atoms with Gasteiger partial charge in [0.05, 0.1) is 20.8 Å². The van der Waals surface area contributed by atoms with E-state index in [-0.39, 0.29) is 12.1 Å². The third kappa shape index (κ3) is 4.79. The van der Waals surface area contributed by atoms with E-state index in [0.717, 1.165) is 24.3 Å². The molecule has 156 valence electrons. The smallest absolute Gasteiger partial charge is 0.194 e. The summed E-state index contributed by atoms with van der Waals surface area (Å²) in [6.07, 6.45) is -0.151. The zero-order chi connectivity index (χ0) is 20.8. The Morgan fingerprint density at radius 2 is 1.90 bits per heavy atom. The molecule has 2 aromatic rings. The molecule has 0 saturated carbocycles. The van der Waals surface area contributed by atoms with E-state index in [0.29, 0.717) is 24.8 Å². The molecular weight excluding hydrogens is 373 g/mol. The molecule has 1 aliphatic rings. The van der Waals surface area contributed by atoms with Crippen LogP contribution in [0.25, 0.3) is 0 Å². The number of benzene rings is 2. The largest absolute Gasteiger partial charge is 0.493 e. The molecule has 1 aliphatic heterocycles. The van der Waals surface area contributed by atoms with E-state index in [4.69, 9.17) is 9.47 Å². The Balaban J connectivity index is 1.78. The van der Waals surface area contributed by atoms with Crippen molar-refractivity contribution in [1.29, 1.82) is 0 Å². The van der Waals surface area contributed by atoms with Crippen molar-refractivity contribution < 1.29 is 19.0 Å². The molecule has 2 N–H and O–H groups in total. The number of nitrogens with one attached hydrogen (secondary N) is 1. The molecule has 0 saturated heterocycles. The fourth-order valence-corrected chi connectivity index (χ4v) is 3.51. The first kappa shape index (κ1) is 20.9. The molecule has 0 aromatic heterocycles. The number of nitrogens with zero attached hydrogens (tertiary/aromatic N) is 2. The molecule has 1 atom stereocenters. The van der Waals surface area contributed by atoms with Crippen molar-refractivity contribution in [3.63, 3.8) is 0 Å². The Bertz CT molecular complexity index is 872. The molecule has 1 unspecified atom stereocenters. The Morgan fingerprint density at radius 3 is 2.55 bits per heavy atom. The average molecular weight is 401 g/mol. The van der Waals surface area contributed by atoms with Gasteiger partial charge in [-0.3, -0.25) is 4.99 Å². The Kier molecular flexibility index (Phi) is 6.93. The Hall–Kier alpha value is -2.80. The van der Waals surface area contributed by atoms with E-state index in [2.05, 4.69) is 15.2 Å². The van der Waals surface area contributed by atoms with Crippen LogP contribution in [0.15, 0.2) is 41.4 Å². The number of methoxy groups -OCH3 is 2. The monoisotopic (exact) mass is 401 g/mol. The van der Waals surface area contributed by atoms with Gasteiger partial charge in [-0.05, 0) is 42.7 Å². The number of fused-ring (bicyclic) bond motifs is 1. The Morgan fingerprint density at radius 1 is 1.21 bits per heavy atom. The number of hydrogen-bond donors (Lipinski definition) is 2. The zero-order valence-electron chi connectivity index (χ0n) is 17.1. The van der Waals surface area contributed by atoms with E-state index in [1.807, 2.05) is 19.1 Å². The lowest BCUT2D eigenvalue weighted by Gasteiger charge is -2.32. The summed E-state index contributed by atoms with van der Waals surface area (Å²) in [5.74, 6) is 1.70. The van der Waals surface area contributed by atoms with Crippen molar-refractivity contribution in [3.05, 3.63) is 58.9 Å². The minimum Gasteiger partial charge on any atom is -0.493 e. The Labute approximate surface area is 171 Å². The normalized spacial score (nSPS) is 14.9. The number of guanidine groups is 1. The van der Waals surface area contributed by atoms with Crippen LogP contribution < -0.4 is 14.8 Å². The van der Waals surface area contributed by atoms with E-state index in [1.165, 1.54) is 11.6 Å². The summed E-state index contributed by atoms with van der Waals surface area (Å²) < 4.78 is 24.7. The van der Waals surface area contributed by atoms with Crippen LogP contribution in [0.3, 0.4) is 0 Å². The van der Waals surface area contributed by atoms with Crippen molar-refractivity contribution in [2.45, 2.75) is 26.0 Å². The van der Waals surface area contributed by atoms with Crippen LogP contribution in [0.4, 0.5) is 4.39 Å². The summed E-state index contributed by atoms with van der Waals surface area (Å²) in [6, 6.07) is 10.3. The van der Waals surface area contributed by atoms with Crippen LogP contribution in [0.1, 0.15) is 29.7 Å². The van der Waals surface area contributed by atoms with Crippen molar-refractivity contribution >= 4 is 5.96 Å². The van der Waals surface area contributed by atoms with Crippen molar-refractivity contribution in [1.82, 2.24) is 10.2 Å². The molecule has 3 rings (SSSR count). The summed E-state index contributed by atoms with van der Waals surface area (Å²) in [4.78, 5) is 6.69. The van der Waals surface area contributed by atoms with Crippen LogP contribution in [0.5, 0.6) is 11.5 Å². The number of hydrogen-bond acceptors (Lipinski definition) is 4. The summed E-state index contributed by atoms with van der Waals surface area (Å²) >= 11 is 0. The fraction of sp³-hybridized carbons (Fsp3) is 0.409. The van der Waals surface area contributed by atoms with E-state index in [1.54, 1.807) is 32.4 Å². The van der Waals surface area contributed by atoms with Crippen LogP contribution in [-0.4, -0.2) is 49.8 Å². The van der Waals surface area contributed by atoms with Gasteiger partial charge < -0.3 is 24.8 Å². The molecule has 7 heteroatoms. The van der Waals surface area contributed by atoms with Crippen LogP contribution >= 0.6 is 0 Å². The number of ether oxygens (including phenoxy) is 2. The molecule has 29 heavy (non-hydrogen) atoms. The van der Waals surface area contributed by atoms with Gasteiger partial charge in [0, 0.05) is 25.2 Å². The quantitative estimate of drug-likeness (QED) is 0.576. The predicted molar refractivity (Wildman–Crippen MR) is 111 cm³/mol.